The van der Waals surface area contributed by atoms with E-state index in [4.69, 9.17) is 21.1 Å². The van der Waals surface area contributed by atoms with E-state index in [2.05, 4.69) is 10.3 Å². The van der Waals surface area contributed by atoms with Crippen LogP contribution in [0, 0.1) is 13.8 Å². The number of rotatable bonds is 2. The average molecular weight is 387 g/mol. The maximum absolute atomic E-state index is 12.3. The van der Waals surface area contributed by atoms with Crippen LogP contribution >= 0.6 is 23.4 Å². The Morgan fingerprint density at radius 3 is 2.73 bits per heavy atom. The number of ether oxygens (including phenoxy) is 2. The first-order valence-electron chi connectivity index (χ1n) is 7.95. The summed E-state index contributed by atoms with van der Waals surface area (Å²) in [5.74, 6) is 1.24. The van der Waals surface area contributed by atoms with Gasteiger partial charge in [0.15, 0.2) is 16.7 Å². The minimum absolute atomic E-state index is 0.175. The van der Waals surface area contributed by atoms with E-state index >= 15 is 0 Å². The van der Waals surface area contributed by atoms with Crippen molar-refractivity contribution in [2.75, 3.05) is 6.79 Å². The number of halogens is 1. The van der Waals surface area contributed by atoms with Crippen LogP contribution in [-0.2, 0) is 4.79 Å². The monoisotopic (exact) mass is 386 g/mol. The molecule has 132 valence electrons. The first kappa shape index (κ1) is 17.0. The van der Waals surface area contributed by atoms with Crippen molar-refractivity contribution in [1.29, 1.82) is 0 Å². The maximum atomic E-state index is 12.3. The quantitative estimate of drug-likeness (QED) is 0.767. The summed E-state index contributed by atoms with van der Waals surface area (Å²) in [5, 5.41) is 3.94. The van der Waals surface area contributed by atoms with E-state index in [1.807, 2.05) is 44.2 Å². The second kappa shape index (κ2) is 6.70. The molecule has 5 nitrogen and oxygen atoms in total. The Kier molecular flexibility index (Phi) is 4.38. The molecule has 1 N–H and O–H groups in total. The molecule has 2 aliphatic rings. The van der Waals surface area contributed by atoms with Crippen LogP contribution in [0.1, 0.15) is 16.7 Å². The van der Waals surface area contributed by atoms with Gasteiger partial charge >= 0.3 is 0 Å². The fourth-order valence-corrected chi connectivity index (χ4v) is 3.64. The number of carbonyl (C=O) groups is 1. The molecule has 1 saturated heterocycles. The third-order valence-electron chi connectivity index (χ3n) is 4.09. The number of thioether (sulfide) groups is 1. The third-order valence-corrected chi connectivity index (χ3v) is 5.24. The van der Waals surface area contributed by atoms with Crippen LogP contribution in [0.15, 0.2) is 40.2 Å². The summed E-state index contributed by atoms with van der Waals surface area (Å²) in [6, 6.07) is 9.29. The van der Waals surface area contributed by atoms with E-state index in [9.17, 15) is 4.79 Å². The highest BCUT2D eigenvalue weighted by Crippen LogP contribution is 2.37. The summed E-state index contributed by atoms with van der Waals surface area (Å²) >= 11 is 7.33. The van der Waals surface area contributed by atoms with Gasteiger partial charge in [0.05, 0.1) is 10.6 Å². The predicted molar refractivity (Wildman–Crippen MR) is 104 cm³/mol. The van der Waals surface area contributed by atoms with Crippen molar-refractivity contribution < 1.29 is 14.3 Å². The van der Waals surface area contributed by atoms with Crippen LogP contribution in [0.25, 0.3) is 6.08 Å². The summed E-state index contributed by atoms with van der Waals surface area (Å²) in [7, 11) is 0. The predicted octanol–water partition coefficient (Wildman–Crippen LogP) is 4.58. The smallest absolute Gasteiger partial charge is 0.264 e. The van der Waals surface area contributed by atoms with Gasteiger partial charge in [-0.1, -0.05) is 17.7 Å². The van der Waals surface area contributed by atoms with Gasteiger partial charge in [0.1, 0.15) is 0 Å². The molecule has 0 aliphatic carbocycles. The van der Waals surface area contributed by atoms with Crippen LogP contribution in [0.3, 0.4) is 0 Å². The topological polar surface area (TPSA) is 59.9 Å². The van der Waals surface area contributed by atoms with Crippen LogP contribution < -0.4 is 14.8 Å². The van der Waals surface area contributed by atoms with Gasteiger partial charge in [0.2, 0.25) is 6.79 Å². The lowest BCUT2D eigenvalue weighted by molar-refractivity contribution is -0.115. The Labute approximate surface area is 160 Å². The fourth-order valence-electron chi connectivity index (χ4n) is 2.65. The number of nitrogens with one attached hydrogen (secondary N) is 1. The van der Waals surface area contributed by atoms with E-state index < -0.39 is 0 Å². The highest BCUT2D eigenvalue weighted by molar-refractivity contribution is 8.18. The number of amides is 1. The Bertz CT molecular complexity index is 985. The molecule has 26 heavy (non-hydrogen) atoms. The molecule has 0 spiro atoms. The molecule has 0 aromatic heterocycles. The van der Waals surface area contributed by atoms with Gasteiger partial charge in [0, 0.05) is 5.02 Å². The number of nitrogens with zero attached hydrogens (tertiary/aromatic N) is 1. The van der Waals surface area contributed by atoms with E-state index in [0.29, 0.717) is 20.8 Å². The molecule has 0 unspecified atom stereocenters. The minimum atomic E-state index is -0.175. The first-order valence-corrected chi connectivity index (χ1v) is 9.15. The largest absolute Gasteiger partial charge is 0.454 e. The fraction of sp³-hybridized carbons (Fsp3) is 0.158. The number of aryl methyl sites for hydroxylation is 2. The zero-order valence-corrected chi connectivity index (χ0v) is 15.7. The SMILES string of the molecule is Cc1cc2c(cc1/C=C1/SC(=Nc3cc(Cl)ccc3C)NC1=O)OCO2. The van der Waals surface area contributed by atoms with E-state index in [-0.39, 0.29) is 12.7 Å². The number of fused-ring (bicyclic) bond motifs is 1. The van der Waals surface area contributed by atoms with Gasteiger partial charge in [0.25, 0.3) is 5.91 Å². The van der Waals surface area contributed by atoms with Gasteiger partial charge in [-0.2, -0.15) is 0 Å². The van der Waals surface area contributed by atoms with Crippen molar-refractivity contribution in [3.63, 3.8) is 0 Å². The lowest BCUT2D eigenvalue weighted by atomic mass is 10.1. The molecular formula is C19H15ClN2O3S. The van der Waals surface area contributed by atoms with Crippen LogP contribution in [-0.4, -0.2) is 17.9 Å². The molecule has 4 rings (SSSR count). The number of carbonyl (C=O) groups excluding carboxylic acids is 1. The molecule has 2 aliphatic heterocycles. The molecular weight excluding hydrogens is 372 g/mol. The third kappa shape index (κ3) is 3.30. The molecule has 0 saturated carbocycles. The van der Waals surface area contributed by atoms with Gasteiger partial charge in [-0.15, -0.1) is 0 Å². The number of amidine groups is 1. The zero-order valence-electron chi connectivity index (χ0n) is 14.1. The summed E-state index contributed by atoms with van der Waals surface area (Å²) < 4.78 is 10.8. The number of hydrogen-bond donors (Lipinski definition) is 1. The van der Waals surface area contributed by atoms with Crippen molar-refractivity contribution in [2.45, 2.75) is 13.8 Å². The highest BCUT2D eigenvalue weighted by atomic mass is 35.5. The average Bonchev–Trinajstić information content (AvgIpc) is 3.18. The molecule has 1 amide bonds. The van der Waals surface area contributed by atoms with E-state index in [0.717, 1.165) is 28.1 Å². The Morgan fingerprint density at radius 2 is 1.92 bits per heavy atom. The Balaban J connectivity index is 1.63. The number of hydrogen-bond acceptors (Lipinski definition) is 5. The zero-order chi connectivity index (χ0) is 18.3. The van der Waals surface area contributed by atoms with E-state index in [1.54, 1.807) is 6.07 Å². The second-order valence-electron chi connectivity index (χ2n) is 5.97. The molecule has 2 aromatic carbocycles. The van der Waals surface area contributed by atoms with Crippen molar-refractivity contribution in [1.82, 2.24) is 5.32 Å². The summed E-state index contributed by atoms with van der Waals surface area (Å²) in [6.45, 7) is 4.14. The Morgan fingerprint density at radius 1 is 1.15 bits per heavy atom. The standard InChI is InChI=1S/C19H15ClN2O3S/c1-10-3-4-13(20)8-14(10)21-19-22-18(23)17(26-19)7-12-6-16-15(5-11(12)2)24-9-25-16/h3-8H,9H2,1-2H3,(H,21,22,23)/b17-7+. The lowest BCUT2D eigenvalue weighted by Crippen LogP contribution is -2.19. The van der Waals surface area contributed by atoms with Crippen LogP contribution in [0.5, 0.6) is 11.5 Å². The number of benzene rings is 2. The molecule has 1 fully saturated rings. The molecule has 2 aromatic rings. The van der Waals surface area contributed by atoms with Gasteiger partial charge in [-0.3, -0.25) is 4.79 Å². The summed E-state index contributed by atoms with van der Waals surface area (Å²) in [5.41, 5.74) is 3.64. The maximum Gasteiger partial charge on any atom is 0.264 e. The Hall–Kier alpha value is -2.44. The molecule has 2 heterocycles. The van der Waals surface area contributed by atoms with Gasteiger partial charge < -0.3 is 14.8 Å². The van der Waals surface area contributed by atoms with Crippen molar-refractivity contribution in [3.05, 3.63) is 56.9 Å². The normalized spacial score (nSPS) is 18.7. The lowest BCUT2D eigenvalue weighted by Gasteiger charge is -2.03. The van der Waals surface area contributed by atoms with Gasteiger partial charge in [-0.25, -0.2) is 4.99 Å². The van der Waals surface area contributed by atoms with Crippen LogP contribution in [0.2, 0.25) is 5.02 Å². The van der Waals surface area contributed by atoms with Crippen molar-refractivity contribution in [3.8, 4) is 11.5 Å². The number of aliphatic imine (C=N–C) groups is 1. The van der Waals surface area contributed by atoms with Crippen molar-refractivity contribution >= 4 is 46.2 Å². The molecule has 7 heteroatoms. The highest BCUT2D eigenvalue weighted by Gasteiger charge is 2.25. The first-order chi connectivity index (χ1) is 12.5. The van der Waals surface area contributed by atoms with E-state index in [1.165, 1.54) is 11.8 Å². The van der Waals surface area contributed by atoms with Crippen molar-refractivity contribution in [2.24, 2.45) is 4.99 Å². The summed E-state index contributed by atoms with van der Waals surface area (Å²) in [6.07, 6.45) is 1.84. The molecule has 0 radical (unpaired) electrons. The second-order valence-corrected chi connectivity index (χ2v) is 7.44. The molecule has 0 atom stereocenters. The minimum Gasteiger partial charge on any atom is -0.454 e. The summed E-state index contributed by atoms with van der Waals surface area (Å²) in [4.78, 5) is 17.4. The van der Waals surface area contributed by atoms with Crippen LogP contribution in [0.4, 0.5) is 5.69 Å². The van der Waals surface area contributed by atoms with Gasteiger partial charge in [-0.05, 0) is 72.6 Å². The molecule has 0 bridgehead atoms.